The van der Waals surface area contributed by atoms with Crippen molar-refractivity contribution in [3.05, 3.63) is 47.3 Å². The van der Waals surface area contributed by atoms with E-state index in [-0.39, 0.29) is 12.7 Å². The lowest BCUT2D eigenvalue weighted by molar-refractivity contribution is -0.142. The van der Waals surface area contributed by atoms with Crippen LogP contribution in [-0.2, 0) is 18.9 Å². The lowest BCUT2D eigenvalue weighted by atomic mass is 10.0. The van der Waals surface area contributed by atoms with E-state index < -0.39 is 29.0 Å². The molecule has 0 spiro atoms. The predicted octanol–water partition coefficient (Wildman–Crippen LogP) is 3.95. The third-order valence-corrected chi connectivity index (χ3v) is 3.19. The molecular weight excluding hydrogens is 298 g/mol. The Hall–Kier alpha value is -1.86. The average molecular weight is 310 g/mol. The zero-order valence-corrected chi connectivity index (χ0v) is 10.9. The molecule has 0 radical (unpaired) electrons. The Morgan fingerprint density at radius 1 is 1.10 bits per heavy atom. The molecule has 2 rings (SSSR count). The summed E-state index contributed by atoms with van der Waals surface area (Å²) in [6, 6.07) is 1.49. The van der Waals surface area contributed by atoms with Crippen LogP contribution in [0, 0.1) is 0 Å². The van der Waals surface area contributed by atoms with Crippen LogP contribution in [0.1, 0.15) is 23.6 Å². The molecule has 1 atom stereocenters. The average Bonchev–Trinajstić information content (AvgIpc) is 2.72. The molecule has 1 aromatic rings. The van der Waals surface area contributed by atoms with Gasteiger partial charge in [0, 0.05) is 18.9 Å². The van der Waals surface area contributed by atoms with Crippen LogP contribution in [0.2, 0.25) is 0 Å². The molecule has 0 bridgehead atoms. The first-order chi connectivity index (χ1) is 9.59. The lowest BCUT2D eigenvalue weighted by Crippen LogP contribution is -2.32. The number of hydrogen-bond acceptors (Lipinski definition) is 2. The highest BCUT2D eigenvalue weighted by atomic mass is 19.4. The second-order valence-electron chi connectivity index (χ2n) is 4.70. The number of rotatable bonds is 2. The third-order valence-electron chi connectivity index (χ3n) is 3.19. The molecule has 116 valence electrons. The fourth-order valence-corrected chi connectivity index (χ4v) is 2.07. The first kappa shape index (κ1) is 15.5. The number of alkyl halides is 6. The van der Waals surface area contributed by atoms with Crippen molar-refractivity contribution in [1.29, 1.82) is 0 Å². The van der Waals surface area contributed by atoms with E-state index in [0.29, 0.717) is 18.2 Å². The summed E-state index contributed by atoms with van der Waals surface area (Å²) in [5.74, 6) is 0. The molecule has 1 aliphatic rings. The smallest absolute Gasteiger partial charge is 0.370 e. The number of nitrogens with one attached hydrogen (secondary N) is 1. The molecule has 1 heterocycles. The van der Waals surface area contributed by atoms with Crippen molar-refractivity contribution < 1.29 is 26.3 Å². The number of nitrogens with zero attached hydrogens (tertiary/aromatic N) is 1. The van der Waals surface area contributed by atoms with Crippen LogP contribution < -0.4 is 5.32 Å². The van der Waals surface area contributed by atoms with Gasteiger partial charge in [-0.05, 0) is 30.7 Å². The summed E-state index contributed by atoms with van der Waals surface area (Å²) >= 11 is 0. The van der Waals surface area contributed by atoms with Crippen molar-refractivity contribution in [3.63, 3.8) is 0 Å². The van der Waals surface area contributed by atoms with Crippen molar-refractivity contribution >= 4 is 0 Å². The van der Waals surface area contributed by atoms with Gasteiger partial charge in [-0.1, -0.05) is 0 Å². The second kappa shape index (κ2) is 5.16. The highest BCUT2D eigenvalue weighted by Gasteiger charge is 2.37. The van der Waals surface area contributed by atoms with Crippen molar-refractivity contribution in [2.75, 3.05) is 0 Å². The summed E-state index contributed by atoms with van der Waals surface area (Å²) < 4.78 is 76.7. The second-order valence-corrected chi connectivity index (χ2v) is 4.70. The van der Waals surface area contributed by atoms with E-state index >= 15 is 0 Å². The van der Waals surface area contributed by atoms with Crippen LogP contribution in [0.5, 0.6) is 0 Å². The topological polar surface area (TPSA) is 15.3 Å². The SMILES string of the molecule is CC1NC=CN1Cc1cc(C(F)(F)F)ccc1C(F)(F)F. The summed E-state index contributed by atoms with van der Waals surface area (Å²) in [6.45, 7) is 1.43. The normalized spacial score (nSPS) is 19.0. The van der Waals surface area contributed by atoms with Crippen molar-refractivity contribution in [3.8, 4) is 0 Å². The minimum Gasteiger partial charge on any atom is -0.370 e. The summed E-state index contributed by atoms with van der Waals surface area (Å²) in [6.07, 6.45) is -6.61. The fourth-order valence-electron chi connectivity index (χ4n) is 2.07. The summed E-state index contributed by atoms with van der Waals surface area (Å²) in [7, 11) is 0. The van der Waals surface area contributed by atoms with E-state index in [1.54, 1.807) is 6.92 Å². The van der Waals surface area contributed by atoms with Crippen LogP contribution in [-0.4, -0.2) is 11.1 Å². The van der Waals surface area contributed by atoms with Gasteiger partial charge in [0.25, 0.3) is 0 Å². The Morgan fingerprint density at radius 2 is 1.76 bits per heavy atom. The Kier molecular flexibility index (Phi) is 3.81. The zero-order valence-electron chi connectivity index (χ0n) is 10.9. The molecule has 1 aliphatic heterocycles. The Labute approximate surface area is 117 Å². The molecule has 0 amide bonds. The predicted molar refractivity (Wildman–Crippen MR) is 63.7 cm³/mol. The molecular formula is C13H12F6N2. The summed E-state index contributed by atoms with van der Waals surface area (Å²) in [5, 5.41) is 2.83. The first-order valence-corrected chi connectivity index (χ1v) is 6.05. The van der Waals surface area contributed by atoms with E-state index in [9.17, 15) is 26.3 Å². The molecule has 0 aliphatic carbocycles. The van der Waals surface area contributed by atoms with Gasteiger partial charge in [-0.2, -0.15) is 26.3 Å². The molecule has 0 saturated carbocycles. The maximum absolute atomic E-state index is 12.9. The van der Waals surface area contributed by atoms with Gasteiger partial charge in [-0.25, -0.2) is 0 Å². The molecule has 1 unspecified atom stereocenters. The molecule has 1 aromatic carbocycles. The fraction of sp³-hybridized carbons (Fsp3) is 0.385. The van der Waals surface area contributed by atoms with Gasteiger partial charge >= 0.3 is 12.4 Å². The van der Waals surface area contributed by atoms with E-state index in [4.69, 9.17) is 0 Å². The minimum absolute atomic E-state index is 0.260. The quantitative estimate of drug-likeness (QED) is 0.832. The number of hydrogen-bond donors (Lipinski definition) is 1. The van der Waals surface area contributed by atoms with E-state index in [1.807, 2.05) is 0 Å². The van der Waals surface area contributed by atoms with Gasteiger partial charge in [-0.3, -0.25) is 0 Å². The Balaban J connectivity index is 2.41. The van der Waals surface area contributed by atoms with Gasteiger partial charge in [0.1, 0.15) is 0 Å². The van der Waals surface area contributed by atoms with Crippen LogP contribution in [0.15, 0.2) is 30.6 Å². The van der Waals surface area contributed by atoms with Gasteiger partial charge in [0.05, 0.1) is 17.3 Å². The van der Waals surface area contributed by atoms with Gasteiger partial charge in [0.15, 0.2) is 0 Å². The largest absolute Gasteiger partial charge is 0.416 e. The van der Waals surface area contributed by atoms with E-state index in [1.165, 1.54) is 17.3 Å². The first-order valence-electron chi connectivity index (χ1n) is 6.05. The van der Waals surface area contributed by atoms with Crippen LogP contribution in [0.25, 0.3) is 0 Å². The Morgan fingerprint density at radius 3 is 2.24 bits per heavy atom. The minimum atomic E-state index is -4.69. The number of benzene rings is 1. The van der Waals surface area contributed by atoms with Gasteiger partial charge in [-0.15, -0.1) is 0 Å². The molecule has 21 heavy (non-hydrogen) atoms. The lowest BCUT2D eigenvalue weighted by Gasteiger charge is -2.24. The standard InChI is InChI=1S/C13H12F6N2/c1-8-20-4-5-21(8)7-9-6-10(12(14,15)16)2-3-11(9)13(17,18)19/h2-6,8,20H,7H2,1H3. The van der Waals surface area contributed by atoms with Crippen molar-refractivity contribution in [1.82, 2.24) is 10.2 Å². The number of halogens is 6. The Bertz CT molecular complexity index is 547. The summed E-state index contributed by atoms with van der Waals surface area (Å²) in [5.41, 5.74) is -2.55. The van der Waals surface area contributed by atoms with E-state index in [0.717, 1.165) is 0 Å². The molecule has 1 N–H and O–H groups in total. The maximum Gasteiger partial charge on any atom is 0.416 e. The maximum atomic E-state index is 12.9. The van der Waals surface area contributed by atoms with Gasteiger partial charge in [0.2, 0.25) is 0 Å². The van der Waals surface area contributed by atoms with E-state index in [2.05, 4.69) is 5.32 Å². The zero-order chi connectivity index (χ0) is 15.8. The molecule has 8 heteroatoms. The summed E-state index contributed by atoms with van der Waals surface area (Å²) in [4.78, 5) is 1.49. The monoisotopic (exact) mass is 310 g/mol. The molecule has 0 fully saturated rings. The molecule has 2 nitrogen and oxygen atoms in total. The van der Waals surface area contributed by atoms with Crippen LogP contribution in [0.3, 0.4) is 0 Å². The van der Waals surface area contributed by atoms with Crippen molar-refractivity contribution in [2.45, 2.75) is 32.0 Å². The van der Waals surface area contributed by atoms with Crippen LogP contribution >= 0.6 is 0 Å². The highest BCUT2D eigenvalue weighted by molar-refractivity contribution is 5.35. The third kappa shape index (κ3) is 3.43. The molecule has 0 saturated heterocycles. The molecule has 0 aromatic heterocycles. The highest BCUT2D eigenvalue weighted by Crippen LogP contribution is 2.37. The van der Waals surface area contributed by atoms with Gasteiger partial charge < -0.3 is 10.2 Å². The van der Waals surface area contributed by atoms with Crippen LogP contribution in [0.4, 0.5) is 26.3 Å². The van der Waals surface area contributed by atoms with Crippen molar-refractivity contribution in [2.24, 2.45) is 0 Å².